The molecule has 0 fully saturated rings. The summed E-state index contributed by atoms with van der Waals surface area (Å²) in [7, 11) is 1.40. The maximum absolute atomic E-state index is 13.6. The van der Waals surface area contributed by atoms with Crippen molar-refractivity contribution in [2.45, 2.75) is 31.0 Å². The Hall–Kier alpha value is -2.59. The van der Waals surface area contributed by atoms with Gasteiger partial charge in [0.1, 0.15) is 5.82 Å². The molecule has 0 radical (unpaired) electrons. The van der Waals surface area contributed by atoms with E-state index in [0.717, 1.165) is 10.1 Å². The summed E-state index contributed by atoms with van der Waals surface area (Å²) in [5, 5.41) is 25.8. The van der Waals surface area contributed by atoms with Gasteiger partial charge in [-0.1, -0.05) is 30.3 Å². The molecule has 2 aromatic rings. The Labute approximate surface area is 173 Å². The van der Waals surface area contributed by atoms with E-state index in [-0.39, 0.29) is 25.6 Å². The van der Waals surface area contributed by atoms with Crippen molar-refractivity contribution in [1.29, 1.82) is 0 Å². The van der Waals surface area contributed by atoms with Crippen molar-refractivity contribution in [1.82, 2.24) is 20.2 Å². The number of hydrogen-bond acceptors (Lipinski definition) is 4. The Morgan fingerprint density at radius 3 is 2.47 bits per heavy atom. The highest BCUT2D eigenvalue weighted by Gasteiger charge is 2.57. The molecular weight excluding hydrogens is 399 g/mol. The molecule has 1 aromatic carbocycles. The molecule has 166 valence electrons. The Morgan fingerprint density at radius 2 is 1.93 bits per heavy atom. The molecule has 2 rings (SSSR count). The Kier molecular flexibility index (Phi) is 8.24. The van der Waals surface area contributed by atoms with Gasteiger partial charge in [-0.05, 0) is 12.5 Å². The summed E-state index contributed by atoms with van der Waals surface area (Å²) >= 11 is 0. The van der Waals surface area contributed by atoms with Crippen LogP contribution in [-0.2, 0) is 12.6 Å². The first-order chi connectivity index (χ1) is 14.2. The van der Waals surface area contributed by atoms with E-state index >= 15 is 0 Å². The summed E-state index contributed by atoms with van der Waals surface area (Å²) in [5.41, 5.74) is -2.17. The van der Waals surface area contributed by atoms with Crippen LogP contribution in [-0.4, -0.2) is 58.1 Å². The Bertz CT molecular complexity index is 810. The zero-order valence-corrected chi connectivity index (χ0v) is 17.0. The van der Waals surface area contributed by atoms with Crippen LogP contribution in [0.5, 0.6) is 0 Å². The summed E-state index contributed by atoms with van der Waals surface area (Å²) in [5.74, 6) is -0.402. The van der Waals surface area contributed by atoms with E-state index in [1.165, 1.54) is 19.4 Å². The monoisotopic (exact) mass is 427 g/mol. The molecule has 0 aliphatic rings. The molecule has 0 spiro atoms. The summed E-state index contributed by atoms with van der Waals surface area (Å²) in [6.45, 7) is 2.28. The van der Waals surface area contributed by atoms with Crippen LogP contribution in [0.25, 0.3) is 0 Å². The number of benzene rings is 1. The van der Waals surface area contributed by atoms with Gasteiger partial charge in [0.25, 0.3) is 0 Å². The second kappa shape index (κ2) is 10.4. The molecule has 10 heteroatoms. The average molecular weight is 427 g/mol. The molecule has 1 aromatic heterocycles. The smallest absolute Gasteiger partial charge is 0.396 e. The van der Waals surface area contributed by atoms with Gasteiger partial charge in [0.05, 0.1) is 13.2 Å². The van der Waals surface area contributed by atoms with Gasteiger partial charge in [-0.3, -0.25) is 4.99 Å². The molecule has 2 atom stereocenters. The van der Waals surface area contributed by atoms with Crippen LogP contribution < -0.4 is 10.6 Å². The lowest BCUT2D eigenvalue weighted by Crippen LogP contribution is -2.48. The highest BCUT2D eigenvalue weighted by Crippen LogP contribution is 2.40. The fraction of sp³-hybridized carbons (Fsp3) is 0.500. The van der Waals surface area contributed by atoms with Gasteiger partial charge in [-0.2, -0.15) is 13.2 Å². The average Bonchev–Trinajstić information content (AvgIpc) is 3.14. The van der Waals surface area contributed by atoms with E-state index < -0.39 is 24.0 Å². The highest BCUT2D eigenvalue weighted by molar-refractivity contribution is 5.79. The van der Waals surface area contributed by atoms with E-state index in [2.05, 4.69) is 20.6 Å². The van der Waals surface area contributed by atoms with Crippen LogP contribution in [0.1, 0.15) is 30.7 Å². The summed E-state index contributed by atoms with van der Waals surface area (Å²) in [6, 6.07) is 9.36. The van der Waals surface area contributed by atoms with E-state index in [1.54, 1.807) is 0 Å². The van der Waals surface area contributed by atoms with E-state index in [4.69, 9.17) is 0 Å². The molecule has 1 heterocycles. The van der Waals surface area contributed by atoms with Crippen molar-refractivity contribution in [2.24, 2.45) is 12.0 Å². The number of halogens is 3. The molecule has 0 saturated carbocycles. The molecule has 0 amide bonds. The lowest BCUT2D eigenvalue weighted by molar-refractivity contribution is -0.272. The van der Waals surface area contributed by atoms with Gasteiger partial charge < -0.3 is 25.4 Å². The van der Waals surface area contributed by atoms with Crippen LogP contribution >= 0.6 is 0 Å². The zero-order chi connectivity index (χ0) is 22.2. The first-order valence-electron chi connectivity index (χ1n) is 9.67. The topological polar surface area (TPSA) is 94.7 Å². The number of aryl methyl sites for hydroxylation is 1. The minimum absolute atomic E-state index is 0.111. The summed E-state index contributed by atoms with van der Waals surface area (Å²) in [6.07, 6.45) is -2.97. The number of nitrogens with zero attached hydrogens (tertiary/aromatic N) is 3. The van der Waals surface area contributed by atoms with Crippen molar-refractivity contribution >= 4 is 5.96 Å². The van der Waals surface area contributed by atoms with Gasteiger partial charge in [0.2, 0.25) is 5.60 Å². The van der Waals surface area contributed by atoms with Crippen molar-refractivity contribution in [3.63, 3.8) is 0 Å². The van der Waals surface area contributed by atoms with Gasteiger partial charge >= 0.3 is 6.18 Å². The number of nitrogens with one attached hydrogen (secondary N) is 2. The van der Waals surface area contributed by atoms with Crippen LogP contribution in [0, 0.1) is 0 Å². The van der Waals surface area contributed by atoms with Crippen LogP contribution in [0.15, 0.2) is 47.7 Å². The summed E-state index contributed by atoms with van der Waals surface area (Å²) < 4.78 is 42.0. The number of imidazole rings is 1. The second-order valence-electron chi connectivity index (χ2n) is 6.91. The number of aliphatic imine (C=N–C) groups is 1. The fourth-order valence-electron chi connectivity index (χ4n) is 3.04. The van der Waals surface area contributed by atoms with Crippen LogP contribution in [0.4, 0.5) is 13.2 Å². The number of guanidine groups is 1. The van der Waals surface area contributed by atoms with Crippen molar-refractivity contribution < 1.29 is 23.4 Å². The standard InChI is InChI=1S/C20H28F3N5O2/c1-3-24-18(27-13-16(14-29)15-7-5-4-6-8-15)26-10-9-19(30,20(21,22)23)17-25-11-12-28(17)2/h4-8,11-12,16,29-30H,3,9-10,13-14H2,1-2H3,(H2,24,26,27). The second-order valence-corrected chi connectivity index (χ2v) is 6.91. The molecule has 7 nitrogen and oxygen atoms in total. The number of aliphatic hydroxyl groups is 2. The Balaban J connectivity index is 2.07. The summed E-state index contributed by atoms with van der Waals surface area (Å²) in [4.78, 5) is 8.06. The molecule has 0 saturated heterocycles. The van der Waals surface area contributed by atoms with Crippen LogP contribution in [0.3, 0.4) is 0 Å². The lowest BCUT2D eigenvalue weighted by atomic mass is 9.97. The third-order valence-corrected chi connectivity index (χ3v) is 4.74. The van der Waals surface area contributed by atoms with Crippen molar-refractivity contribution in [3.8, 4) is 0 Å². The predicted molar refractivity (Wildman–Crippen MR) is 108 cm³/mol. The van der Waals surface area contributed by atoms with Gasteiger partial charge in [0, 0.05) is 44.9 Å². The maximum Gasteiger partial charge on any atom is 0.424 e. The number of rotatable bonds is 9. The van der Waals surface area contributed by atoms with Gasteiger partial charge in [0.15, 0.2) is 5.96 Å². The molecular formula is C20H28F3N5O2. The van der Waals surface area contributed by atoms with Gasteiger partial charge in [-0.25, -0.2) is 4.98 Å². The maximum atomic E-state index is 13.6. The minimum atomic E-state index is -4.89. The molecule has 30 heavy (non-hydrogen) atoms. The third-order valence-electron chi connectivity index (χ3n) is 4.74. The van der Waals surface area contributed by atoms with E-state index in [9.17, 15) is 23.4 Å². The molecule has 0 aliphatic heterocycles. The SMILES string of the molecule is CCNC(=NCC(CO)c1ccccc1)NCCC(O)(c1nccn1C)C(F)(F)F. The van der Waals surface area contributed by atoms with Crippen molar-refractivity contribution in [3.05, 3.63) is 54.1 Å². The number of alkyl halides is 3. The zero-order valence-electron chi connectivity index (χ0n) is 17.0. The number of hydrogen-bond donors (Lipinski definition) is 4. The number of aromatic nitrogens is 2. The minimum Gasteiger partial charge on any atom is -0.396 e. The quantitative estimate of drug-likeness (QED) is 0.362. The highest BCUT2D eigenvalue weighted by atomic mass is 19.4. The predicted octanol–water partition coefficient (Wildman–Crippen LogP) is 1.89. The molecule has 4 N–H and O–H groups in total. The van der Waals surface area contributed by atoms with Crippen LogP contribution in [0.2, 0.25) is 0 Å². The Morgan fingerprint density at radius 1 is 1.23 bits per heavy atom. The molecule has 0 bridgehead atoms. The largest absolute Gasteiger partial charge is 0.424 e. The lowest BCUT2D eigenvalue weighted by Gasteiger charge is -2.30. The van der Waals surface area contributed by atoms with E-state index in [1.807, 2.05) is 37.3 Å². The number of aliphatic hydroxyl groups excluding tert-OH is 1. The first kappa shape index (κ1) is 23.7. The normalized spacial score (nSPS) is 15.5. The third kappa shape index (κ3) is 5.73. The van der Waals surface area contributed by atoms with Gasteiger partial charge in [-0.15, -0.1) is 0 Å². The fourth-order valence-corrected chi connectivity index (χ4v) is 3.04. The molecule has 2 unspecified atom stereocenters. The van der Waals surface area contributed by atoms with Crippen molar-refractivity contribution in [2.75, 3.05) is 26.2 Å². The van der Waals surface area contributed by atoms with E-state index in [0.29, 0.717) is 12.5 Å². The molecule has 0 aliphatic carbocycles. The first-order valence-corrected chi connectivity index (χ1v) is 9.67.